The highest BCUT2D eigenvalue weighted by Gasteiger charge is 2.25. The predicted molar refractivity (Wildman–Crippen MR) is 128 cm³/mol. The Hall–Kier alpha value is -1.21. The molecule has 2 aliphatic rings. The van der Waals surface area contributed by atoms with E-state index in [9.17, 15) is 4.79 Å². The summed E-state index contributed by atoms with van der Waals surface area (Å²) in [6, 6.07) is 6.11. The number of benzene rings is 1. The van der Waals surface area contributed by atoms with Crippen LogP contribution in [0.3, 0.4) is 0 Å². The Kier molecular flexibility index (Phi) is 9.57. The average Bonchev–Trinajstić information content (AvgIpc) is 2.79. The molecule has 1 aromatic rings. The van der Waals surface area contributed by atoms with Gasteiger partial charge < -0.3 is 19.9 Å². The third kappa shape index (κ3) is 7.14. The van der Waals surface area contributed by atoms with Crippen LogP contribution in [0.4, 0.5) is 10.5 Å². The lowest BCUT2D eigenvalue weighted by Gasteiger charge is -2.37. The number of nitrogens with one attached hydrogen (secondary N) is 1. The molecule has 1 saturated carbocycles. The number of anilines is 1. The molecule has 31 heavy (non-hydrogen) atoms. The number of rotatable bonds is 8. The molecule has 2 amide bonds. The van der Waals surface area contributed by atoms with E-state index in [-0.39, 0.29) is 6.03 Å². The fraction of sp³-hybridized carbons (Fsp3) is 0.696. The van der Waals surface area contributed by atoms with E-state index in [1.165, 1.54) is 19.3 Å². The molecule has 1 saturated heterocycles. The summed E-state index contributed by atoms with van der Waals surface area (Å²) < 4.78 is 5.30. The number of ether oxygens (including phenoxy) is 1. The zero-order chi connectivity index (χ0) is 22.2. The van der Waals surface area contributed by atoms with Crippen molar-refractivity contribution in [2.75, 3.05) is 58.0 Å². The predicted octanol–water partition coefficient (Wildman–Crippen LogP) is 4.70. The molecule has 0 unspecified atom stereocenters. The molecule has 8 heteroatoms. The molecule has 0 radical (unpaired) electrons. The zero-order valence-electron chi connectivity index (χ0n) is 18.8. The Balaban J connectivity index is 1.33. The second kappa shape index (κ2) is 12.1. The molecule has 174 valence electrons. The highest BCUT2D eigenvalue weighted by atomic mass is 35.5. The van der Waals surface area contributed by atoms with Gasteiger partial charge in [-0.3, -0.25) is 4.90 Å². The smallest absolute Gasteiger partial charge is 0.319 e. The van der Waals surface area contributed by atoms with Crippen molar-refractivity contribution in [1.29, 1.82) is 0 Å². The quantitative estimate of drug-likeness (QED) is 0.559. The highest BCUT2D eigenvalue weighted by molar-refractivity contribution is 6.43. The Morgan fingerprint density at radius 2 is 1.87 bits per heavy atom. The van der Waals surface area contributed by atoms with Gasteiger partial charge in [-0.2, -0.15) is 0 Å². The van der Waals surface area contributed by atoms with Gasteiger partial charge in [0, 0.05) is 45.9 Å². The van der Waals surface area contributed by atoms with Crippen LogP contribution in [-0.2, 0) is 4.74 Å². The van der Waals surface area contributed by atoms with Crippen LogP contribution in [0.2, 0.25) is 10.0 Å². The maximum atomic E-state index is 12.2. The lowest BCUT2D eigenvalue weighted by Crippen LogP contribution is -2.47. The van der Waals surface area contributed by atoms with E-state index < -0.39 is 0 Å². The number of hydrogen-bond donors (Lipinski definition) is 1. The SMILES string of the molecule is CCOCN(C)C(=O)NC1CCC(CCN2CCN(c3cccc(Cl)c3Cl)CC2)CC1. The maximum absolute atomic E-state index is 12.2. The molecular formula is C23H36Cl2N4O2. The van der Waals surface area contributed by atoms with Crippen LogP contribution >= 0.6 is 23.2 Å². The zero-order valence-corrected chi connectivity index (χ0v) is 20.3. The van der Waals surface area contributed by atoms with E-state index in [2.05, 4.69) is 21.2 Å². The number of nitrogens with zero attached hydrogens (tertiary/aromatic N) is 3. The average molecular weight is 471 g/mol. The molecule has 0 aromatic heterocycles. The monoisotopic (exact) mass is 470 g/mol. The maximum Gasteiger partial charge on any atom is 0.319 e. The van der Waals surface area contributed by atoms with Crippen LogP contribution in [-0.4, -0.2) is 75.0 Å². The standard InChI is InChI=1S/C23H36Cl2N4O2/c1-3-31-17-27(2)23(30)26-19-9-7-18(8-10-19)11-12-28-13-15-29(16-14-28)21-6-4-5-20(24)22(21)25/h4-6,18-19H,3,7-17H2,1-2H3,(H,26,30). The second-order valence-electron chi connectivity index (χ2n) is 8.68. The number of urea groups is 1. The topological polar surface area (TPSA) is 48.1 Å². The molecule has 0 spiro atoms. The first-order valence-corrected chi connectivity index (χ1v) is 12.2. The van der Waals surface area contributed by atoms with E-state index in [0.717, 1.165) is 57.2 Å². The van der Waals surface area contributed by atoms with Gasteiger partial charge in [0.1, 0.15) is 6.73 Å². The number of piperazine rings is 1. The number of carbonyl (C=O) groups is 1. The van der Waals surface area contributed by atoms with Crippen molar-refractivity contribution in [3.8, 4) is 0 Å². The number of amides is 2. The fourth-order valence-electron chi connectivity index (χ4n) is 4.48. The molecule has 3 rings (SSSR count). The minimum atomic E-state index is -0.0328. The van der Waals surface area contributed by atoms with Crippen LogP contribution < -0.4 is 10.2 Å². The molecule has 1 heterocycles. The Bertz CT molecular complexity index is 705. The molecule has 0 atom stereocenters. The summed E-state index contributed by atoms with van der Waals surface area (Å²) in [5.74, 6) is 0.759. The van der Waals surface area contributed by atoms with Crippen molar-refractivity contribution in [3.05, 3.63) is 28.2 Å². The first-order valence-electron chi connectivity index (χ1n) is 11.5. The largest absolute Gasteiger partial charge is 0.368 e. The van der Waals surface area contributed by atoms with Gasteiger partial charge in [0.2, 0.25) is 0 Å². The molecule has 0 bridgehead atoms. The van der Waals surface area contributed by atoms with Gasteiger partial charge in [-0.15, -0.1) is 0 Å². The van der Waals surface area contributed by atoms with Crippen LogP contribution in [0, 0.1) is 5.92 Å². The van der Waals surface area contributed by atoms with E-state index >= 15 is 0 Å². The molecule has 1 aliphatic heterocycles. The molecular weight excluding hydrogens is 435 g/mol. The molecule has 1 aliphatic carbocycles. The lowest BCUT2D eigenvalue weighted by atomic mass is 9.84. The van der Waals surface area contributed by atoms with Crippen LogP contribution in [0.15, 0.2) is 18.2 Å². The lowest BCUT2D eigenvalue weighted by molar-refractivity contribution is 0.0656. The molecule has 1 aromatic carbocycles. The Morgan fingerprint density at radius 3 is 2.55 bits per heavy atom. The van der Waals surface area contributed by atoms with E-state index in [4.69, 9.17) is 27.9 Å². The normalized spacial score (nSPS) is 22.4. The highest BCUT2D eigenvalue weighted by Crippen LogP contribution is 2.33. The summed E-state index contributed by atoms with van der Waals surface area (Å²) in [4.78, 5) is 18.7. The minimum Gasteiger partial charge on any atom is -0.368 e. The molecule has 1 N–H and O–H groups in total. The van der Waals surface area contributed by atoms with Gasteiger partial charge in [0.25, 0.3) is 0 Å². The van der Waals surface area contributed by atoms with Crippen molar-refractivity contribution in [1.82, 2.24) is 15.1 Å². The van der Waals surface area contributed by atoms with Crippen molar-refractivity contribution >= 4 is 34.9 Å². The van der Waals surface area contributed by atoms with E-state index in [1.54, 1.807) is 11.9 Å². The van der Waals surface area contributed by atoms with Gasteiger partial charge in [-0.1, -0.05) is 29.3 Å². The summed E-state index contributed by atoms with van der Waals surface area (Å²) >= 11 is 12.6. The first kappa shape index (κ1) is 24.4. The third-order valence-corrected chi connectivity index (χ3v) is 7.32. The number of carbonyl (C=O) groups excluding carboxylic acids is 1. The van der Waals surface area contributed by atoms with Gasteiger partial charge in [-0.05, 0) is 63.6 Å². The summed E-state index contributed by atoms with van der Waals surface area (Å²) in [7, 11) is 1.77. The van der Waals surface area contributed by atoms with Crippen molar-refractivity contribution < 1.29 is 9.53 Å². The van der Waals surface area contributed by atoms with Crippen molar-refractivity contribution in [3.63, 3.8) is 0 Å². The number of hydrogen-bond acceptors (Lipinski definition) is 4. The molecule has 6 nitrogen and oxygen atoms in total. The minimum absolute atomic E-state index is 0.0328. The summed E-state index contributed by atoms with van der Waals surface area (Å²) in [5, 5.41) is 4.43. The summed E-state index contributed by atoms with van der Waals surface area (Å²) in [6.07, 6.45) is 5.76. The van der Waals surface area contributed by atoms with Gasteiger partial charge in [0.05, 0.1) is 15.7 Å². The van der Waals surface area contributed by atoms with Crippen LogP contribution in [0.5, 0.6) is 0 Å². The van der Waals surface area contributed by atoms with Crippen molar-refractivity contribution in [2.24, 2.45) is 5.92 Å². The Morgan fingerprint density at radius 1 is 1.16 bits per heavy atom. The van der Waals surface area contributed by atoms with E-state index in [0.29, 0.717) is 29.4 Å². The van der Waals surface area contributed by atoms with E-state index in [1.807, 2.05) is 19.1 Å². The van der Waals surface area contributed by atoms with Crippen LogP contribution in [0.1, 0.15) is 39.0 Å². The van der Waals surface area contributed by atoms with Gasteiger partial charge >= 0.3 is 6.03 Å². The van der Waals surface area contributed by atoms with Gasteiger partial charge in [0.15, 0.2) is 0 Å². The van der Waals surface area contributed by atoms with Gasteiger partial charge in [-0.25, -0.2) is 4.79 Å². The first-order chi connectivity index (χ1) is 15.0. The summed E-state index contributed by atoms with van der Waals surface area (Å²) in [6.45, 7) is 8.11. The van der Waals surface area contributed by atoms with Crippen molar-refractivity contribution in [2.45, 2.75) is 45.1 Å². The second-order valence-corrected chi connectivity index (χ2v) is 9.46. The Labute approximate surface area is 196 Å². The third-order valence-electron chi connectivity index (χ3n) is 6.51. The number of halogens is 2. The fourth-order valence-corrected chi connectivity index (χ4v) is 4.90. The summed E-state index contributed by atoms with van der Waals surface area (Å²) in [5.41, 5.74) is 1.04. The van der Waals surface area contributed by atoms with Crippen LogP contribution in [0.25, 0.3) is 0 Å². The molecule has 2 fully saturated rings.